The lowest BCUT2D eigenvalue weighted by Gasteiger charge is -2.30. The SMILES string of the molecule is CNC1CCOC(c2cc(C)cc(C)c2)C1. The molecule has 0 saturated carbocycles. The summed E-state index contributed by atoms with van der Waals surface area (Å²) >= 11 is 0. The predicted octanol–water partition coefficient (Wildman–Crippen LogP) is 2.74. The van der Waals surface area contributed by atoms with Gasteiger partial charge in [0.1, 0.15) is 0 Å². The number of hydrogen-bond donors (Lipinski definition) is 1. The molecule has 0 bridgehead atoms. The quantitative estimate of drug-likeness (QED) is 0.826. The van der Waals surface area contributed by atoms with Crippen molar-refractivity contribution in [2.45, 2.75) is 38.8 Å². The Bertz CT molecular complexity index is 342. The second-order valence-electron chi connectivity index (χ2n) is 4.79. The van der Waals surface area contributed by atoms with Crippen LogP contribution < -0.4 is 5.32 Å². The van der Waals surface area contributed by atoms with Crippen LogP contribution in [0.1, 0.15) is 35.6 Å². The van der Waals surface area contributed by atoms with Gasteiger partial charge in [-0.2, -0.15) is 0 Å². The molecule has 88 valence electrons. The van der Waals surface area contributed by atoms with Gasteiger partial charge in [0.25, 0.3) is 0 Å². The number of hydrogen-bond acceptors (Lipinski definition) is 2. The minimum Gasteiger partial charge on any atom is -0.373 e. The van der Waals surface area contributed by atoms with Crippen molar-refractivity contribution in [3.05, 3.63) is 34.9 Å². The first kappa shape index (κ1) is 11.6. The van der Waals surface area contributed by atoms with E-state index in [0.29, 0.717) is 6.04 Å². The van der Waals surface area contributed by atoms with E-state index in [1.54, 1.807) is 0 Å². The highest BCUT2D eigenvalue weighted by molar-refractivity contribution is 5.30. The lowest BCUT2D eigenvalue weighted by Crippen LogP contribution is -2.33. The van der Waals surface area contributed by atoms with Crippen LogP contribution in [0.15, 0.2) is 18.2 Å². The van der Waals surface area contributed by atoms with Gasteiger partial charge in [0, 0.05) is 12.6 Å². The summed E-state index contributed by atoms with van der Waals surface area (Å²) in [5.41, 5.74) is 3.98. The summed E-state index contributed by atoms with van der Waals surface area (Å²) in [6.07, 6.45) is 2.47. The van der Waals surface area contributed by atoms with Crippen LogP contribution in [0, 0.1) is 13.8 Å². The van der Waals surface area contributed by atoms with Crippen molar-refractivity contribution < 1.29 is 4.74 Å². The van der Waals surface area contributed by atoms with E-state index in [1.165, 1.54) is 16.7 Å². The molecular formula is C14H21NO. The van der Waals surface area contributed by atoms with Crippen LogP contribution >= 0.6 is 0 Å². The maximum absolute atomic E-state index is 5.87. The van der Waals surface area contributed by atoms with E-state index in [9.17, 15) is 0 Å². The van der Waals surface area contributed by atoms with Crippen LogP contribution in [-0.2, 0) is 4.74 Å². The van der Waals surface area contributed by atoms with Crippen molar-refractivity contribution in [2.75, 3.05) is 13.7 Å². The van der Waals surface area contributed by atoms with E-state index in [1.807, 2.05) is 7.05 Å². The summed E-state index contributed by atoms with van der Waals surface area (Å²) in [6.45, 7) is 5.16. The van der Waals surface area contributed by atoms with Crippen LogP contribution in [0.4, 0.5) is 0 Å². The molecule has 0 aliphatic carbocycles. The molecule has 0 amide bonds. The summed E-state index contributed by atoms with van der Waals surface area (Å²) in [6, 6.07) is 7.30. The normalized spacial score (nSPS) is 25.7. The van der Waals surface area contributed by atoms with E-state index < -0.39 is 0 Å². The molecule has 1 aromatic carbocycles. The van der Waals surface area contributed by atoms with Crippen LogP contribution in [0.2, 0.25) is 0 Å². The minimum atomic E-state index is 0.268. The molecule has 0 spiro atoms. The second-order valence-corrected chi connectivity index (χ2v) is 4.79. The molecule has 2 nitrogen and oxygen atoms in total. The number of nitrogens with one attached hydrogen (secondary N) is 1. The Hall–Kier alpha value is -0.860. The van der Waals surface area contributed by atoms with Gasteiger partial charge in [-0.05, 0) is 39.3 Å². The summed E-state index contributed by atoms with van der Waals surface area (Å²) < 4.78 is 5.87. The summed E-state index contributed by atoms with van der Waals surface area (Å²) in [7, 11) is 2.04. The largest absolute Gasteiger partial charge is 0.373 e. The zero-order valence-electron chi connectivity index (χ0n) is 10.4. The van der Waals surface area contributed by atoms with Crippen molar-refractivity contribution in [1.29, 1.82) is 0 Å². The summed E-state index contributed by atoms with van der Waals surface area (Å²) in [5.74, 6) is 0. The van der Waals surface area contributed by atoms with Crippen molar-refractivity contribution in [3.63, 3.8) is 0 Å². The Morgan fingerprint density at radius 3 is 2.50 bits per heavy atom. The van der Waals surface area contributed by atoms with E-state index in [4.69, 9.17) is 4.74 Å². The molecule has 1 saturated heterocycles. The van der Waals surface area contributed by atoms with Gasteiger partial charge >= 0.3 is 0 Å². The number of aryl methyl sites for hydroxylation is 2. The van der Waals surface area contributed by atoms with Gasteiger partial charge in [0.05, 0.1) is 6.10 Å². The highest BCUT2D eigenvalue weighted by Gasteiger charge is 2.22. The van der Waals surface area contributed by atoms with Gasteiger partial charge in [-0.3, -0.25) is 0 Å². The fourth-order valence-electron chi connectivity index (χ4n) is 2.49. The molecule has 1 aliphatic heterocycles. The molecule has 2 unspecified atom stereocenters. The fraction of sp³-hybridized carbons (Fsp3) is 0.571. The third-order valence-electron chi connectivity index (χ3n) is 3.31. The van der Waals surface area contributed by atoms with Gasteiger partial charge in [0.2, 0.25) is 0 Å². The Labute approximate surface area is 98.0 Å². The zero-order valence-corrected chi connectivity index (χ0v) is 10.4. The van der Waals surface area contributed by atoms with Gasteiger partial charge in [-0.1, -0.05) is 29.3 Å². The molecule has 16 heavy (non-hydrogen) atoms. The van der Waals surface area contributed by atoms with Gasteiger partial charge in [-0.25, -0.2) is 0 Å². The Morgan fingerprint density at radius 2 is 1.88 bits per heavy atom. The summed E-state index contributed by atoms with van der Waals surface area (Å²) in [4.78, 5) is 0. The van der Waals surface area contributed by atoms with Crippen molar-refractivity contribution in [2.24, 2.45) is 0 Å². The molecule has 2 atom stereocenters. The maximum atomic E-state index is 5.87. The average molecular weight is 219 g/mol. The topological polar surface area (TPSA) is 21.3 Å². The maximum Gasteiger partial charge on any atom is 0.0840 e. The Kier molecular flexibility index (Phi) is 3.62. The second kappa shape index (κ2) is 4.98. The number of rotatable bonds is 2. The van der Waals surface area contributed by atoms with Gasteiger partial charge < -0.3 is 10.1 Å². The molecule has 0 radical (unpaired) electrons. The predicted molar refractivity (Wildman–Crippen MR) is 66.7 cm³/mol. The first-order valence-corrected chi connectivity index (χ1v) is 6.06. The van der Waals surface area contributed by atoms with E-state index >= 15 is 0 Å². The third-order valence-corrected chi connectivity index (χ3v) is 3.31. The molecule has 1 aromatic rings. The molecule has 1 fully saturated rings. The lowest BCUT2D eigenvalue weighted by atomic mass is 9.95. The van der Waals surface area contributed by atoms with Crippen molar-refractivity contribution >= 4 is 0 Å². The Balaban J connectivity index is 2.16. The van der Waals surface area contributed by atoms with E-state index in [0.717, 1.165) is 19.4 Å². The van der Waals surface area contributed by atoms with Crippen LogP contribution in [0.25, 0.3) is 0 Å². The average Bonchev–Trinajstić information content (AvgIpc) is 2.28. The van der Waals surface area contributed by atoms with Crippen LogP contribution in [0.3, 0.4) is 0 Å². The molecule has 0 aromatic heterocycles. The van der Waals surface area contributed by atoms with Crippen molar-refractivity contribution in [1.82, 2.24) is 5.32 Å². The van der Waals surface area contributed by atoms with E-state index in [-0.39, 0.29) is 6.10 Å². The highest BCUT2D eigenvalue weighted by Crippen LogP contribution is 2.29. The smallest absolute Gasteiger partial charge is 0.0840 e. The van der Waals surface area contributed by atoms with Gasteiger partial charge in [-0.15, -0.1) is 0 Å². The first-order chi connectivity index (χ1) is 7.69. The highest BCUT2D eigenvalue weighted by atomic mass is 16.5. The number of benzene rings is 1. The molecular weight excluding hydrogens is 198 g/mol. The molecule has 2 rings (SSSR count). The van der Waals surface area contributed by atoms with Crippen molar-refractivity contribution in [3.8, 4) is 0 Å². The minimum absolute atomic E-state index is 0.268. The first-order valence-electron chi connectivity index (χ1n) is 6.06. The molecule has 1 N–H and O–H groups in total. The zero-order chi connectivity index (χ0) is 11.5. The fourth-order valence-corrected chi connectivity index (χ4v) is 2.49. The third kappa shape index (κ3) is 2.63. The summed E-state index contributed by atoms with van der Waals surface area (Å²) in [5, 5.41) is 3.35. The molecule has 1 aliphatic rings. The Morgan fingerprint density at radius 1 is 1.19 bits per heavy atom. The van der Waals surface area contributed by atoms with Crippen LogP contribution in [0.5, 0.6) is 0 Å². The number of ether oxygens (including phenoxy) is 1. The van der Waals surface area contributed by atoms with Crippen LogP contribution in [-0.4, -0.2) is 19.7 Å². The standard InChI is InChI=1S/C14H21NO/c1-10-6-11(2)8-12(7-10)14-9-13(15-3)4-5-16-14/h6-8,13-15H,4-5,9H2,1-3H3. The molecule has 1 heterocycles. The molecule has 2 heteroatoms. The van der Waals surface area contributed by atoms with E-state index in [2.05, 4.69) is 37.4 Å². The monoisotopic (exact) mass is 219 g/mol. The van der Waals surface area contributed by atoms with Gasteiger partial charge in [0.15, 0.2) is 0 Å². The lowest BCUT2D eigenvalue weighted by molar-refractivity contribution is 0.00149.